The number of nitrogens with one attached hydrogen (secondary N) is 2. The van der Waals surface area contributed by atoms with E-state index in [2.05, 4.69) is 15.6 Å². The molecule has 39 heavy (non-hydrogen) atoms. The fourth-order valence-electron chi connectivity index (χ4n) is 3.86. The van der Waals surface area contributed by atoms with Gasteiger partial charge in [0.05, 0.1) is 17.3 Å². The van der Waals surface area contributed by atoms with Crippen LogP contribution in [0.4, 0.5) is 40.0 Å². The highest BCUT2D eigenvalue weighted by Gasteiger charge is 2.51. The zero-order valence-corrected chi connectivity index (χ0v) is 21.4. The van der Waals surface area contributed by atoms with Crippen molar-refractivity contribution in [2.24, 2.45) is 0 Å². The molecule has 2 aromatic carbocycles. The lowest BCUT2D eigenvalue weighted by atomic mass is 10.0. The fourth-order valence-corrected chi connectivity index (χ4v) is 4.40. The second-order valence-corrected chi connectivity index (χ2v) is 10.1. The molecule has 0 atom stereocenters. The Morgan fingerprint density at radius 2 is 1.72 bits per heavy atom. The Bertz CT molecular complexity index is 1450. The second-order valence-electron chi connectivity index (χ2n) is 8.93. The van der Waals surface area contributed by atoms with Crippen molar-refractivity contribution in [3.05, 3.63) is 78.0 Å². The summed E-state index contributed by atoms with van der Waals surface area (Å²) in [6.07, 6.45) is 1.44. The highest BCUT2D eigenvalue weighted by Crippen LogP contribution is 2.39. The van der Waals surface area contributed by atoms with Crippen molar-refractivity contribution in [1.29, 1.82) is 5.26 Å². The molecule has 1 aliphatic heterocycles. The number of amides is 5. The molecule has 200 valence electrons. The first-order chi connectivity index (χ1) is 18.4. The zero-order valence-electron chi connectivity index (χ0n) is 20.6. The first kappa shape index (κ1) is 27.5. The maximum Gasteiger partial charge on any atom is 0.446 e. The third kappa shape index (κ3) is 6.29. The summed E-state index contributed by atoms with van der Waals surface area (Å²) in [4.78, 5) is 45.2. The molecule has 2 N–H and O–H groups in total. The van der Waals surface area contributed by atoms with Crippen LogP contribution in [-0.4, -0.2) is 38.9 Å². The van der Waals surface area contributed by atoms with E-state index >= 15 is 0 Å². The van der Waals surface area contributed by atoms with Crippen molar-refractivity contribution in [2.75, 3.05) is 15.5 Å². The van der Waals surface area contributed by atoms with Crippen LogP contribution in [0.1, 0.15) is 25.0 Å². The first-order valence-corrected chi connectivity index (χ1v) is 12.2. The van der Waals surface area contributed by atoms with Gasteiger partial charge in [0, 0.05) is 23.3 Å². The van der Waals surface area contributed by atoms with E-state index < -0.39 is 29.0 Å². The molecule has 2 heterocycles. The number of thioether (sulfide) groups is 1. The minimum atomic E-state index is -4.46. The maximum atomic E-state index is 13.3. The molecule has 0 radical (unpaired) electrons. The smallest absolute Gasteiger partial charge is 0.308 e. The standard InChI is InChI=1S/C26H21F3N6O3S/c1-25(2)22(36)35(19-7-9-20(10-8-19)39-26(27,28)29)24(38)34(25)15-17-11-12-31-21(13-17)33-23(37)32-18-5-3-16(14-30)4-6-18/h3-13H,15H2,1-2H3,(H2,31,32,33,37). The molecule has 1 aromatic heterocycles. The summed E-state index contributed by atoms with van der Waals surface area (Å²) < 4.78 is 37.9. The van der Waals surface area contributed by atoms with Gasteiger partial charge in [-0.1, -0.05) is 0 Å². The number of carbonyl (C=O) groups excluding carboxylic acids is 3. The summed E-state index contributed by atoms with van der Waals surface area (Å²) in [7, 11) is 0. The molecular weight excluding hydrogens is 533 g/mol. The van der Waals surface area contributed by atoms with E-state index in [9.17, 15) is 27.6 Å². The Balaban J connectivity index is 1.46. The van der Waals surface area contributed by atoms with Crippen LogP contribution in [0.25, 0.3) is 0 Å². The molecule has 0 saturated carbocycles. The summed E-state index contributed by atoms with van der Waals surface area (Å²) in [5.74, 6) is -0.332. The maximum absolute atomic E-state index is 13.3. The third-order valence-corrected chi connectivity index (χ3v) is 6.57. The number of rotatable bonds is 6. The number of imide groups is 1. The molecule has 9 nitrogen and oxygen atoms in total. The SMILES string of the molecule is CC1(C)C(=O)N(c2ccc(SC(F)(F)F)cc2)C(=O)N1Cc1ccnc(NC(=O)Nc2ccc(C#N)cc2)c1. The summed E-state index contributed by atoms with van der Waals surface area (Å²) in [6.45, 7) is 3.16. The summed E-state index contributed by atoms with van der Waals surface area (Å²) in [5, 5.41) is 14.1. The molecule has 1 fully saturated rings. The molecule has 0 bridgehead atoms. The monoisotopic (exact) mass is 554 g/mol. The second kappa shape index (κ2) is 10.7. The summed E-state index contributed by atoms with van der Waals surface area (Å²) in [6, 6.07) is 15.2. The van der Waals surface area contributed by atoms with Crippen molar-refractivity contribution >= 4 is 46.9 Å². The third-order valence-electron chi connectivity index (χ3n) is 5.83. The number of nitriles is 1. The normalized spacial score (nSPS) is 14.8. The Morgan fingerprint density at radius 3 is 2.33 bits per heavy atom. The van der Waals surface area contributed by atoms with Crippen LogP contribution in [0.2, 0.25) is 0 Å². The van der Waals surface area contributed by atoms with Gasteiger partial charge in [0.25, 0.3) is 5.91 Å². The van der Waals surface area contributed by atoms with Crippen molar-refractivity contribution in [3.63, 3.8) is 0 Å². The van der Waals surface area contributed by atoms with Gasteiger partial charge in [0.1, 0.15) is 11.4 Å². The number of anilines is 3. The van der Waals surface area contributed by atoms with E-state index in [0.717, 1.165) is 4.90 Å². The van der Waals surface area contributed by atoms with Gasteiger partial charge >= 0.3 is 17.6 Å². The van der Waals surface area contributed by atoms with E-state index in [0.29, 0.717) is 16.8 Å². The van der Waals surface area contributed by atoms with Gasteiger partial charge in [-0.15, -0.1) is 0 Å². The molecule has 0 unspecified atom stereocenters. The van der Waals surface area contributed by atoms with Gasteiger partial charge < -0.3 is 10.2 Å². The van der Waals surface area contributed by atoms with Crippen LogP contribution < -0.4 is 15.5 Å². The van der Waals surface area contributed by atoms with Crippen LogP contribution in [0.5, 0.6) is 0 Å². The van der Waals surface area contributed by atoms with Crippen molar-refractivity contribution < 1.29 is 27.6 Å². The summed E-state index contributed by atoms with van der Waals surface area (Å²) >= 11 is -0.288. The van der Waals surface area contributed by atoms with Gasteiger partial charge in [-0.25, -0.2) is 19.5 Å². The fraction of sp³-hybridized carbons (Fsp3) is 0.192. The quantitative estimate of drug-likeness (QED) is 0.287. The number of nitrogens with zero attached hydrogens (tertiary/aromatic N) is 4. The van der Waals surface area contributed by atoms with Crippen molar-refractivity contribution in [3.8, 4) is 6.07 Å². The van der Waals surface area contributed by atoms with Gasteiger partial charge in [-0.05, 0) is 91.8 Å². The number of hydrogen-bond donors (Lipinski definition) is 2. The Labute approximate surface area is 225 Å². The van der Waals surface area contributed by atoms with Crippen LogP contribution in [0.3, 0.4) is 0 Å². The van der Waals surface area contributed by atoms with E-state index in [4.69, 9.17) is 5.26 Å². The van der Waals surface area contributed by atoms with E-state index in [-0.39, 0.29) is 34.7 Å². The molecular formula is C26H21F3N6O3S. The van der Waals surface area contributed by atoms with Gasteiger partial charge in [-0.3, -0.25) is 10.1 Å². The average molecular weight is 555 g/mol. The average Bonchev–Trinajstić information content (AvgIpc) is 3.03. The highest BCUT2D eigenvalue weighted by molar-refractivity contribution is 8.00. The van der Waals surface area contributed by atoms with Crippen LogP contribution in [0, 0.1) is 11.3 Å². The van der Waals surface area contributed by atoms with E-state index in [1.807, 2.05) is 6.07 Å². The highest BCUT2D eigenvalue weighted by atomic mass is 32.2. The van der Waals surface area contributed by atoms with Crippen molar-refractivity contribution in [2.45, 2.75) is 36.3 Å². The lowest BCUT2D eigenvalue weighted by Gasteiger charge is -2.27. The number of carbonyl (C=O) groups is 3. The molecule has 4 rings (SSSR count). The predicted molar refractivity (Wildman–Crippen MR) is 139 cm³/mol. The van der Waals surface area contributed by atoms with E-state index in [1.54, 1.807) is 50.2 Å². The lowest BCUT2D eigenvalue weighted by Crippen LogP contribution is -2.43. The number of benzene rings is 2. The Kier molecular flexibility index (Phi) is 7.51. The molecule has 5 amide bonds. The van der Waals surface area contributed by atoms with Gasteiger partial charge in [0.15, 0.2) is 0 Å². The summed E-state index contributed by atoms with van der Waals surface area (Å²) in [5.41, 5.74) is -4.06. The molecule has 3 aromatic rings. The lowest BCUT2D eigenvalue weighted by molar-refractivity contribution is -0.123. The zero-order chi connectivity index (χ0) is 28.4. The van der Waals surface area contributed by atoms with Crippen LogP contribution >= 0.6 is 11.8 Å². The van der Waals surface area contributed by atoms with Crippen LogP contribution in [0.15, 0.2) is 71.8 Å². The number of hydrogen-bond acceptors (Lipinski definition) is 6. The number of alkyl halides is 3. The number of aromatic nitrogens is 1. The Hall–Kier alpha value is -4.57. The molecule has 0 spiro atoms. The first-order valence-electron chi connectivity index (χ1n) is 11.4. The van der Waals surface area contributed by atoms with Crippen LogP contribution in [-0.2, 0) is 11.3 Å². The van der Waals surface area contributed by atoms with Crippen molar-refractivity contribution in [1.82, 2.24) is 9.88 Å². The number of pyridine rings is 1. The number of urea groups is 2. The van der Waals surface area contributed by atoms with E-state index in [1.165, 1.54) is 35.4 Å². The minimum Gasteiger partial charge on any atom is -0.308 e. The minimum absolute atomic E-state index is 0.00449. The topological polar surface area (TPSA) is 118 Å². The number of halogens is 3. The Morgan fingerprint density at radius 1 is 1.05 bits per heavy atom. The molecule has 1 aliphatic rings. The molecule has 13 heteroatoms. The predicted octanol–water partition coefficient (Wildman–Crippen LogP) is 5.96. The molecule has 0 aliphatic carbocycles. The largest absolute Gasteiger partial charge is 0.446 e. The van der Waals surface area contributed by atoms with Gasteiger partial charge in [-0.2, -0.15) is 18.4 Å². The van der Waals surface area contributed by atoms with Gasteiger partial charge in [0.2, 0.25) is 0 Å². The molecule has 1 saturated heterocycles.